The Kier molecular flexibility index (Phi) is 4.58. The van der Waals surface area contributed by atoms with Crippen molar-refractivity contribution in [2.75, 3.05) is 0 Å². The Morgan fingerprint density at radius 2 is 2.00 bits per heavy atom. The maximum absolute atomic E-state index is 3.83. The maximum Gasteiger partial charge on any atom is 0.0147 e. The minimum Gasteiger partial charge on any atom is -0.365 e. The molecule has 1 N–H and O–H groups in total. The number of rotatable bonds is 6. The highest BCUT2D eigenvalue weighted by Crippen LogP contribution is 2.06. The van der Waals surface area contributed by atoms with Crippen LogP contribution in [0.5, 0.6) is 0 Å². The highest BCUT2D eigenvalue weighted by atomic mass is 14.7. The Bertz CT molecular complexity index is 177. The summed E-state index contributed by atoms with van der Waals surface area (Å²) < 4.78 is 0. The average molecular weight is 164 g/mol. The van der Waals surface area contributed by atoms with Gasteiger partial charge in [-0.1, -0.05) is 32.6 Å². The number of aromatic amines is 1. The number of aromatic nitrogens is 1. The van der Waals surface area contributed by atoms with Gasteiger partial charge in [-0.15, -0.1) is 0 Å². The summed E-state index contributed by atoms with van der Waals surface area (Å²) in [5.41, 5.74) is 1.37. The molecule has 0 spiro atoms. The summed E-state index contributed by atoms with van der Waals surface area (Å²) in [6.45, 7) is 3.83. The normalized spacial score (nSPS) is 10.4. The zero-order chi connectivity index (χ0) is 8.65. The smallest absolute Gasteiger partial charge is 0.0147 e. The molecule has 0 aliphatic rings. The fourth-order valence-corrected chi connectivity index (χ4v) is 1.37. The third-order valence-electron chi connectivity index (χ3n) is 2.11. The average Bonchev–Trinajstić information content (AvgIpc) is 2.57. The largest absolute Gasteiger partial charge is 0.365 e. The molecule has 0 atom stereocenters. The third kappa shape index (κ3) is 3.61. The monoisotopic (exact) mass is 164 g/mol. The molecule has 0 saturated carbocycles. The van der Waals surface area contributed by atoms with Gasteiger partial charge >= 0.3 is 0 Å². The number of hydrogen-bond acceptors (Lipinski definition) is 0. The van der Waals surface area contributed by atoms with Crippen molar-refractivity contribution in [2.45, 2.75) is 38.5 Å². The number of H-pyrrole nitrogens is 1. The van der Waals surface area contributed by atoms with Gasteiger partial charge in [0.2, 0.25) is 0 Å². The Morgan fingerprint density at radius 1 is 1.17 bits per heavy atom. The van der Waals surface area contributed by atoms with Gasteiger partial charge in [0, 0.05) is 11.9 Å². The van der Waals surface area contributed by atoms with Crippen LogP contribution in [0.15, 0.2) is 18.3 Å². The quantitative estimate of drug-likeness (QED) is 0.621. The van der Waals surface area contributed by atoms with Crippen LogP contribution in [0.2, 0.25) is 0 Å². The second-order valence-corrected chi connectivity index (χ2v) is 3.21. The molecule has 0 bridgehead atoms. The van der Waals surface area contributed by atoms with Crippen molar-refractivity contribution in [3.63, 3.8) is 0 Å². The highest BCUT2D eigenvalue weighted by Gasteiger charge is 1.92. The lowest BCUT2D eigenvalue weighted by molar-refractivity contribution is 0.641. The Balaban J connectivity index is 1.96. The van der Waals surface area contributed by atoms with Crippen LogP contribution >= 0.6 is 0 Å². The molecular formula is C11H18N. The fraction of sp³-hybridized carbons (Fsp3) is 0.545. The summed E-state index contributed by atoms with van der Waals surface area (Å²) in [7, 11) is 0. The van der Waals surface area contributed by atoms with Crippen molar-refractivity contribution in [1.82, 2.24) is 4.98 Å². The second-order valence-electron chi connectivity index (χ2n) is 3.21. The molecule has 0 aliphatic heterocycles. The molecule has 1 heteroatoms. The van der Waals surface area contributed by atoms with Gasteiger partial charge in [-0.3, -0.25) is 0 Å². The minimum absolute atomic E-state index is 1.09. The Morgan fingerprint density at radius 3 is 2.67 bits per heavy atom. The van der Waals surface area contributed by atoms with Crippen molar-refractivity contribution in [1.29, 1.82) is 0 Å². The van der Waals surface area contributed by atoms with Crippen molar-refractivity contribution >= 4 is 0 Å². The van der Waals surface area contributed by atoms with E-state index < -0.39 is 0 Å². The van der Waals surface area contributed by atoms with Crippen LogP contribution in [-0.2, 0) is 6.42 Å². The third-order valence-corrected chi connectivity index (χ3v) is 2.11. The van der Waals surface area contributed by atoms with E-state index in [0.717, 1.165) is 6.42 Å². The molecule has 0 fully saturated rings. The van der Waals surface area contributed by atoms with Gasteiger partial charge in [0.05, 0.1) is 0 Å². The van der Waals surface area contributed by atoms with Gasteiger partial charge in [0.15, 0.2) is 0 Å². The molecule has 12 heavy (non-hydrogen) atoms. The molecule has 1 rings (SSSR count). The molecule has 0 aromatic carbocycles. The van der Waals surface area contributed by atoms with E-state index >= 15 is 0 Å². The highest BCUT2D eigenvalue weighted by molar-refractivity contribution is 5.03. The van der Waals surface area contributed by atoms with Crippen molar-refractivity contribution in [3.05, 3.63) is 30.9 Å². The van der Waals surface area contributed by atoms with Crippen LogP contribution in [0, 0.1) is 6.92 Å². The molecule has 0 saturated heterocycles. The molecular weight excluding hydrogens is 146 g/mol. The first-order valence-corrected chi connectivity index (χ1v) is 4.85. The SMILES string of the molecule is [CH2]CCCCCCc1ccc[nH]1. The summed E-state index contributed by atoms with van der Waals surface area (Å²) in [6.07, 6.45) is 9.54. The predicted octanol–water partition coefficient (Wildman–Crippen LogP) is 3.34. The van der Waals surface area contributed by atoms with E-state index in [-0.39, 0.29) is 0 Å². The number of nitrogens with one attached hydrogen (secondary N) is 1. The maximum atomic E-state index is 3.83. The topological polar surface area (TPSA) is 15.8 Å². The predicted molar refractivity (Wildman–Crippen MR) is 52.9 cm³/mol. The number of hydrogen-bond donors (Lipinski definition) is 1. The first-order chi connectivity index (χ1) is 5.93. The molecule has 0 amide bonds. The van der Waals surface area contributed by atoms with E-state index in [9.17, 15) is 0 Å². The van der Waals surface area contributed by atoms with E-state index in [4.69, 9.17) is 0 Å². The van der Waals surface area contributed by atoms with Crippen molar-refractivity contribution in [2.24, 2.45) is 0 Å². The number of aryl methyl sites for hydroxylation is 1. The van der Waals surface area contributed by atoms with Gasteiger partial charge in [-0.05, 0) is 25.0 Å². The standard InChI is InChI=1S/C11H18N/c1-2-3-4-5-6-8-11-9-7-10-12-11/h7,9-10,12H,1-6,8H2. The molecule has 1 radical (unpaired) electrons. The van der Waals surface area contributed by atoms with Crippen LogP contribution in [0.3, 0.4) is 0 Å². The van der Waals surface area contributed by atoms with Crippen molar-refractivity contribution < 1.29 is 0 Å². The minimum atomic E-state index is 1.09. The summed E-state index contributed by atoms with van der Waals surface area (Å²) >= 11 is 0. The van der Waals surface area contributed by atoms with Crippen LogP contribution in [0.25, 0.3) is 0 Å². The summed E-state index contributed by atoms with van der Waals surface area (Å²) in [4.78, 5) is 3.22. The van der Waals surface area contributed by atoms with Gasteiger partial charge in [-0.2, -0.15) is 0 Å². The lowest BCUT2D eigenvalue weighted by Gasteiger charge is -1.98. The van der Waals surface area contributed by atoms with E-state index in [2.05, 4.69) is 24.0 Å². The van der Waals surface area contributed by atoms with E-state index in [1.54, 1.807) is 0 Å². The summed E-state index contributed by atoms with van der Waals surface area (Å²) in [6, 6.07) is 4.21. The van der Waals surface area contributed by atoms with Crippen LogP contribution in [-0.4, -0.2) is 4.98 Å². The summed E-state index contributed by atoms with van der Waals surface area (Å²) in [5.74, 6) is 0. The zero-order valence-electron chi connectivity index (χ0n) is 7.68. The molecule has 67 valence electrons. The molecule has 1 nitrogen and oxygen atoms in total. The van der Waals surface area contributed by atoms with Gasteiger partial charge < -0.3 is 4.98 Å². The van der Waals surface area contributed by atoms with Gasteiger partial charge in [0.1, 0.15) is 0 Å². The lowest BCUT2D eigenvalue weighted by atomic mass is 10.1. The van der Waals surface area contributed by atoms with E-state index in [0.29, 0.717) is 0 Å². The van der Waals surface area contributed by atoms with Gasteiger partial charge in [-0.25, -0.2) is 0 Å². The number of unbranched alkanes of at least 4 members (excludes halogenated alkanes) is 4. The summed E-state index contributed by atoms with van der Waals surface area (Å²) in [5, 5.41) is 0. The van der Waals surface area contributed by atoms with Crippen LogP contribution < -0.4 is 0 Å². The van der Waals surface area contributed by atoms with Crippen LogP contribution in [0.4, 0.5) is 0 Å². The first-order valence-electron chi connectivity index (χ1n) is 4.85. The molecule has 0 unspecified atom stereocenters. The van der Waals surface area contributed by atoms with Crippen molar-refractivity contribution in [3.8, 4) is 0 Å². The fourth-order valence-electron chi connectivity index (χ4n) is 1.37. The van der Waals surface area contributed by atoms with Gasteiger partial charge in [0.25, 0.3) is 0 Å². The van der Waals surface area contributed by atoms with E-state index in [1.165, 1.54) is 37.8 Å². The lowest BCUT2D eigenvalue weighted by Crippen LogP contribution is -1.85. The van der Waals surface area contributed by atoms with E-state index in [1.807, 2.05) is 6.20 Å². The Hall–Kier alpha value is -0.720. The molecule has 0 aliphatic carbocycles. The Labute approximate surface area is 75.2 Å². The molecule has 1 heterocycles. The molecule has 1 aromatic rings. The first kappa shape index (κ1) is 9.37. The molecule has 1 aromatic heterocycles. The zero-order valence-corrected chi connectivity index (χ0v) is 7.68. The second kappa shape index (κ2) is 5.87. The van der Waals surface area contributed by atoms with Crippen LogP contribution in [0.1, 0.15) is 37.8 Å².